The van der Waals surface area contributed by atoms with Gasteiger partial charge in [0.25, 0.3) is 0 Å². The summed E-state index contributed by atoms with van der Waals surface area (Å²) < 4.78 is 4.79. The molecule has 3 aromatic heterocycles. The Morgan fingerprint density at radius 3 is 1.48 bits per heavy atom. The zero-order chi connectivity index (χ0) is 35.6. The number of para-hydroxylation sites is 3. The maximum absolute atomic E-state index is 5.17. The molecule has 0 saturated heterocycles. The lowest BCUT2D eigenvalue weighted by Crippen LogP contribution is -2.01. The van der Waals surface area contributed by atoms with E-state index >= 15 is 0 Å². The molecule has 252 valence electrons. The molecule has 0 aliphatic heterocycles. The van der Waals surface area contributed by atoms with Crippen LogP contribution in [-0.4, -0.2) is 23.9 Å². The highest BCUT2D eigenvalue weighted by atomic mass is 15.1. The quantitative estimate of drug-likeness (QED) is 0.181. The fraction of sp³-hybridized carbons (Fsp3) is 0. The Bertz CT molecular complexity index is 3100. The van der Waals surface area contributed by atoms with Crippen LogP contribution in [0.5, 0.6) is 0 Å². The van der Waals surface area contributed by atoms with E-state index in [1.54, 1.807) is 0 Å². The van der Waals surface area contributed by atoms with E-state index in [-0.39, 0.29) is 0 Å². The average Bonchev–Trinajstić information content (AvgIpc) is 3.76. The van der Waals surface area contributed by atoms with Crippen LogP contribution in [0.2, 0.25) is 0 Å². The third-order valence-corrected chi connectivity index (χ3v) is 10.6. The van der Waals surface area contributed by atoms with E-state index in [0.29, 0.717) is 17.5 Å². The minimum Gasteiger partial charge on any atom is -0.293 e. The maximum atomic E-state index is 5.17. The van der Waals surface area contributed by atoms with Gasteiger partial charge in [0.05, 0.1) is 16.6 Å². The second-order valence-electron chi connectivity index (χ2n) is 13.6. The molecule has 0 N–H and O–H groups in total. The molecule has 0 amide bonds. The van der Waals surface area contributed by atoms with Gasteiger partial charge in [0.1, 0.15) is 5.65 Å². The van der Waals surface area contributed by atoms with E-state index in [9.17, 15) is 0 Å². The summed E-state index contributed by atoms with van der Waals surface area (Å²) in [4.78, 5) is 15.5. The number of aromatic nitrogens is 5. The van der Waals surface area contributed by atoms with Crippen molar-refractivity contribution >= 4 is 49.1 Å². The Hall–Kier alpha value is -7.37. The van der Waals surface area contributed by atoms with Crippen LogP contribution in [0.25, 0.3) is 100 Å². The van der Waals surface area contributed by atoms with Crippen molar-refractivity contribution in [2.45, 2.75) is 0 Å². The molecule has 5 nitrogen and oxygen atoms in total. The molecule has 0 aliphatic carbocycles. The van der Waals surface area contributed by atoms with Gasteiger partial charge in [-0.25, -0.2) is 15.0 Å². The average molecular weight is 690 g/mol. The smallest absolute Gasteiger partial charge is 0.164 e. The number of imidazole rings is 1. The molecule has 0 fully saturated rings. The SMILES string of the molecule is c1ccc(-c2c3ccccc3n3c4ccccc4n(-c4ccc(-c5nc(-c6cccc7ccccc67)nc(-c6cccc7ccccc67)n5)cc4)c23)cc1. The van der Waals surface area contributed by atoms with Crippen LogP contribution in [0.15, 0.2) is 188 Å². The number of rotatable bonds is 5. The number of hydrogen-bond donors (Lipinski definition) is 0. The van der Waals surface area contributed by atoms with Gasteiger partial charge in [0.15, 0.2) is 17.5 Å². The van der Waals surface area contributed by atoms with Crippen molar-refractivity contribution < 1.29 is 0 Å². The van der Waals surface area contributed by atoms with Gasteiger partial charge >= 0.3 is 0 Å². The first-order chi connectivity index (χ1) is 26.8. The summed E-state index contributed by atoms with van der Waals surface area (Å²) in [6, 6.07) is 66.1. The minimum atomic E-state index is 0.628. The normalized spacial score (nSPS) is 11.7. The molecule has 11 rings (SSSR count). The number of hydrogen-bond acceptors (Lipinski definition) is 3. The van der Waals surface area contributed by atoms with Crippen LogP contribution in [0, 0.1) is 0 Å². The van der Waals surface area contributed by atoms with E-state index in [0.717, 1.165) is 60.6 Å². The predicted molar refractivity (Wildman–Crippen MR) is 222 cm³/mol. The molecule has 0 radical (unpaired) electrons. The van der Waals surface area contributed by atoms with Gasteiger partial charge in [-0.15, -0.1) is 0 Å². The summed E-state index contributed by atoms with van der Waals surface area (Å²) in [5, 5.41) is 5.72. The standard InChI is InChI=1S/C49H31N5/c1-2-16-34(17-3-1)45-41-22-8-9-25-42(41)54-44-27-11-10-26-43(44)53(49(45)54)36-30-28-35(29-31-36)46-50-47(39-23-12-18-32-14-4-6-20-37(32)39)52-48(51-46)40-24-13-19-33-15-5-7-21-38(33)40/h1-31H. The molecule has 8 aromatic carbocycles. The van der Waals surface area contributed by atoms with Crippen LogP contribution in [0.1, 0.15) is 0 Å². The zero-order valence-electron chi connectivity index (χ0n) is 29.1. The highest BCUT2D eigenvalue weighted by Gasteiger charge is 2.22. The van der Waals surface area contributed by atoms with E-state index in [4.69, 9.17) is 15.0 Å². The van der Waals surface area contributed by atoms with Crippen molar-refractivity contribution in [2.75, 3.05) is 0 Å². The summed E-state index contributed by atoms with van der Waals surface area (Å²) in [5.41, 5.74) is 10.9. The molecular formula is C49H31N5. The van der Waals surface area contributed by atoms with Gasteiger partial charge in [-0.05, 0) is 69.6 Å². The molecule has 11 aromatic rings. The summed E-state index contributed by atoms with van der Waals surface area (Å²) >= 11 is 0. The van der Waals surface area contributed by atoms with Crippen molar-refractivity contribution in [1.29, 1.82) is 0 Å². The summed E-state index contributed by atoms with van der Waals surface area (Å²) in [5.74, 6) is 1.92. The monoisotopic (exact) mass is 689 g/mol. The van der Waals surface area contributed by atoms with Gasteiger partial charge in [-0.1, -0.05) is 146 Å². The molecule has 0 bridgehead atoms. The zero-order valence-corrected chi connectivity index (χ0v) is 29.1. The van der Waals surface area contributed by atoms with Gasteiger partial charge < -0.3 is 0 Å². The second-order valence-corrected chi connectivity index (χ2v) is 13.6. The Kier molecular flexibility index (Phi) is 6.79. The number of benzene rings is 8. The molecule has 0 atom stereocenters. The van der Waals surface area contributed by atoms with Gasteiger partial charge in [-0.2, -0.15) is 0 Å². The van der Waals surface area contributed by atoms with Crippen LogP contribution in [0.3, 0.4) is 0 Å². The summed E-state index contributed by atoms with van der Waals surface area (Å²) in [6.07, 6.45) is 0. The molecule has 0 unspecified atom stereocenters. The van der Waals surface area contributed by atoms with Crippen molar-refractivity contribution in [3.05, 3.63) is 188 Å². The van der Waals surface area contributed by atoms with Crippen molar-refractivity contribution in [3.63, 3.8) is 0 Å². The van der Waals surface area contributed by atoms with Crippen molar-refractivity contribution in [2.24, 2.45) is 0 Å². The first-order valence-corrected chi connectivity index (χ1v) is 18.2. The lowest BCUT2D eigenvalue weighted by atomic mass is 10.0. The van der Waals surface area contributed by atoms with Crippen LogP contribution < -0.4 is 0 Å². The highest BCUT2D eigenvalue weighted by Crippen LogP contribution is 2.41. The van der Waals surface area contributed by atoms with Crippen molar-refractivity contribution in [3.8, 4) is 51.0 Å². The van der Waals surface area contributed by atoms with E-state index in [1.807, 2.05) is 0 Å². The molecule has 0 saturated carbocycles. The van der Waals surface area contributed by atoms with Crippen molar-refractivity contribution in [1.82, 2.24) is 23.9 Å². The molecule has 0 spiro atoms. The first-order valence-electron chi connectivity index (χ1n) is 18.2. The second kappa shape index (κ2) is 12.1. The fourth-order valence-corrected chi connectivity index (χ4v) is 8.14. The first kappa shape index (κ1) is 30.3. The Morgan fingerprint density at radius 1 is 0.333 bits per heavy atom. The summed E-state index contributed by atoms with van der Waals surface area (Å²) in [7, 11) is 0. The lowest BCUT2D eigenvalue weighted by Gasteiger charge is -2.12. The molecule has 5 heteroatoms. The summed E-state index contributed by atoms with van der Waals surface area (Å²) in [6.45, 7) is 0. The Morgan fingerprint density at radius 2 is 0.833 bits per heavy atom. The van der Waals surface area contributed by atoms with Crippen LogP contribution >= 0.6 is 0 Å². The van der Waals surface area contributed by atoms with Crippen LogP contribution in [0.4, 0.5) is 0 Å². The van der Waals surface area contributed by atoms with E-state index < -0.39 is 0 Å². The van der Waals surface area contributed by atoms with Gasteiger partial charge in [0, 0.05) is 33.3 Å². The largest absolute Gasteiger partial charge is 0.293 e. The Labute approximate surface area is 311 Å². The van der Waals surface area contributed by atoms with E-state index in [2.05, 4.69) is 197 Å². The Balaban J connectivity index is 1.13. The topological polar surface area (TPSA) is 48.0 Å². The van der Waals surface area contributed by atoms with Gasteiger partial charge in [-0.3, -0.25) is 8.97 Å². The highest BCUT2D eigenvalue weighted by molar-refractivity contribution is 6.09. The third kappa shape index (κ3) is 4.69. The van der Waals surface area contributed by atoms with Gasteiger partial charge in [0.2, 0.25) is 0 Å². The number of nitrogens with zero attached hydrogens (tertiary/aromatic N) is 5. The van der Waals surface area contributed by atoms with E-state index in [1.165, 1.54) is 22.0 Å². The third-order valence-electron chi connectivity index (χ3n) is 10.6. The number of fused-ring (bicyclic) bond motifs is 7. The fourth-order valence-electron chi connectivity index (χ4n) is 8.14. The predicted octanol–water partition coefficient (Wildman–Crippen LogP) is 12.2. The molecular weight excluding hydrogens is 659 g/mol. The minimum absolute atomic E-state index is 0.628. The molecule has 3 heterocycles. The van der Waals surface area contributed by atoms with Crippen LogP contribution in [-0.2, 0) is 0 Å². The molecule has 54 heavy (non-hydrogen) atoms. The lowest BCUT2D eigenvalue weighted by molar-refractivity contribution is 1.08. The molecule has 0 aliphatic rings. The maximum Gasteiger partial charge on any atom is 0.164 e.